The number of carboxylic acids is 2. The summed E-state index contributed by atoms with van der Waals surface area (Å²) < 4.78 is 0. The van der Waals surface area contributed by atoms with Crippen LogP contribution in [-0.2, 0) is 9.59 Å². The van der Waals surface area contributed by atoms with E-state index in [2.05, 4.69) is 0 Å². The summed E-state index contributed by atoms with van der Waals surface area (Å²) >= 11 is 0. The first kappa shape index (κ1) is 10.7. The van der Waals surface area contributed by atoms with Crippen LogP contribution in [0.1, 0.15) is 25.7 Å². The molecule has 0 bridgehead atoms. The summed E-state index contributed by atoms with van der Waals surface area (Å²) in [5.41, 5.74) is 0. The Morgan fingerprint density at radius 1 is 1.08 bits per heavy atom. The van der Waals surface area contributed by atoms with Crippen LogP contribution in [0, 0.1) is 0 Å². The summed E-state index contributed by atoms with van der Waals surface area (Å²) in [7, 11) is 0. The Morgan fingerprint density at radius 2 is 1.75 bits per heavy atom. The largest absolute Gasteiger partial charge is 0.550 e. The van der Waals surface area contributed by atoms with Gasteiger partial charge in [0.25, 0.3) is 0 Å². The first-order chi connectivity index (χ1) is 5.63. The Hall–Kier alpha value is -1.32. The fourth-order valence-electron chi connectivity index (χ4n) is 0.662. The van der Waals surface area contributed by atoms with Crippen LogP contribution >= 0.6 is 0 Å². The average molecular weight is 170 g/mol. The molecule has 4 nitrogen and oxygen atoms in total. The van der Waals surface area contributed by atoms with E-state index < -0.39 is 11.9 Å². The quantitative estimate of drug-likeness (QED) is 0.363. The van der Waals surface area contributed by atoms with Gasteiger partial charge in [-0.05, 0) is 19.3 Å². The van der Waals surface area contributed by atoms with E-state index in [1.54, 1.807) is 6.08 Å². The molecule has 0 aromatic heterocycles. The van der Waals surface area contributed by atoms with Crippen molar-refractivity contribution in [3.63, 3.8) is 0 Å². The summed E-state index contributed by atoms with van der Waals surface area (Å²) in [6, 6.07) is 0. The SMILES string of the molecule is O=C([O-])C/C=C/CCCC(=O)[O-]. The van der Waals surface area contributed by atoms with Crippen LogP contribution in [0.4, 0.5) is 0 Å². The minimum atomic E-state index is -1.13. The third-order valence-electron chi connectivity index (χ3n) is 1.20. The number of carbonyl (C=O) groups is 2. The van der Waals surface area contributed by atoms with Crippen molar-refractivity contribution in [3.05, 3.63) is 12.2 Å². The Kier molecular flexibility index (Phi) is 5.69. The minimum Gasteiger partial charge on any atom is -0.550 e. The Morgan fingerprint density at radius 3 is 2.25 bits per heavy atom. The summed E-state index contributed by atoms with van der Waals surface area (Å²) in [5.74, 6) is -2.21. The van der Waals surface area contributed by atoms with Crippen LogP contribution in [0.25, 0.3) is 0 Å². The molecule has 0 saturated heterocycles. The highest BCUT2D eigenvalue weighted by Gasteiger charge is 1.84. The van der Waals surface area contributed by atoms with Crippen LogP contribution < -0.4 is 10.2 Å². The van der Waals surface area contributed by atoms with Gasteiger partial charge in [0.15, 0.2) is 0 Å². The predicted octanol–water partition coefficient (Wildman–Crippen LogP) is -1.40. The van der Waals surface area contributed by atoms with Crippen molar-refractivity contribution in [2.24, 2.45) is 0 Å². The molecule has 0 aliphatic carbocycles. The second-order valence-corrected chi connectivity index (χ2v) is 2.31. The molecular formula is C8H10O4-2. The van der Waals surface area contributed by atoms with Crippen LogP contribution in [0.5, 0.6) is 0 Å². The molecule has 68 valence electrons. The molecule has 0 aliphatic rings. The summed E-state index contributed by atoms with van der Waals surface area (Å²) in [4.78, 5) is 19.8. The van der Waals surface area contributed by atoms with Crippen molar-refractivity contribution >= 4 is 11.9 Å². The van der Waals surface area contributed by atoms with Crippen molar-refractivity contribution in [3.8, 4) is 0 Å². The van der Waals surface area contributed by atoms with E-state index in [1.165, 1.54) is 6.08 Å². The number of hydrogen-bond acceptors (Lipinski definition) is 4. The molecule has 12 heavy (non-hydrogen) atoms. The molecule has 0 aliphatic heterocycles. The highest BCUT2D eigenvalue weighted by molar-refractivity contribution is 5.66. The number of aliphatic carboxylic acids is 2. The highest BCUT2D eigenvalue weighted by atomic mass is 16.4. The van der Waals surface area contributed by atoms with Gasteiger partial charge in [0.05, 0.1) is 0 Å². The molecule has 0 atom stereocenters. The predicted molar refractivity (Wildman–Crippen MR) is 37.6 cm³/mol. The molecule has 0 rings (SSSR count). The average Bonchev–Trinajstić information content (AvgIpc) is 1.95. The van der Waals surface area contributed by atoms with Gasteiger partial charge in [0.2, 0.25) is 0 Å². The summed E-state index contributed by atoms with van der Waals surface area (Å²) in [6.07, 6.45) is 4.00. The Balaban J connectivity index is 3.25. The van der Waals surface area contributed by atoms with Gasteiger partial charge in [0.1, 0.15) is 0 Å². The summed E-state index contributed by atoms with van der Waals surface area (Å²) in [5, 5.41) is 19.8. The maximum atomic E-state index is 9.90. The van der Waals surface area contributed by atoms with Crippen LogP contribution in [-0.4, -0.2) is 11.9 Å². The molecule has 0 heterocycles. The number of allylic oxidation sites excluding steroid dienone is 1. The van der Waals surface area contributed by atoms with Crippen molar-refractivity contribution in [2.45, 2.75) is 25.7 Å². The van der Waals surface area contributed by atoms with Crippen LogP contribution in [0.15, 0.2) is 12.2 Å². The minimum absolute atomic E-state index is 0.00958. The van der Waals surface area contributed by atoms with Gasteiger partial charge >= 0.3 is 0 Å². The third-order valence-corrected chi connectivity index (χ3v) is 1.20. The Bertz CT molecular complexity index is 183. The van der Waals surface area contributed by atoms with E-state index in [-0.39, 0.29) is 12.8 Å². The molecule has 0 N–H and O–H groups in total. The van der Waals surface area contributed by atoms with Gasteiger partial charge < -0.3 is 19.8 Å². The fraction of sp³-hybridized carbons (Fsp3) is 0.500. The maximum Gasteiger partial charge on any atom is 0.0452 e. The monoisotopic (exact) mass is 170 g/mol. The highest BCUT2D eigenvalue weighted by Crippen LogP contribution is 1.95. The van der Waals surface area contributed by atoms with Gasteiger partial charge in [-0.1, -0.05) is 12.2 Å². The number of rotatable bonds is 6. The van der Waals surface area contributed by atoms with Crippen molar-refractivity contribution in [1.29, 1.82) is 0 Å². The van der Waals surface area contributed by atoms with Crippen molar-refractivity contribution in [1.82, 2.24) is 0 Å². The van der Waals surface area contributed by atoms with E-state index in [9.17, 15) is 19.8 Å². The Labute approximate surface area is 70.5 Å². The van der Waals surface area contributed by atoms with Gasteiger partial charge in [-0.2, -0.15) is 0 Å². The van der Waals surface area contributed by atoms with Gasteiger partial charge in [-0.15, -0.1) is 0 Å². The second kappa shape index (κ2) is 6.39. The number of unbranched alkanes of at least 4 members (excludes halogenated alkanes) is 1. The zero-order chi connectivity index (χ0) is 9.40. The van der Waals surface area contributed by atoms with Gasteiger partial charge in [-0.25, -0.2) is 0 Å². The van der Waals surface area contributed by atoms with Gasteiger partial charge in [0, 0.05) is 18.4 Å². The molecule has 4 heteroatoms. The number of carbonyl (C=O) groups excluding carboxylic acids is 2. The third kappa shape index (κ3) is 8.68. The number of hydrogen-bond donors (Lipinski definition) is 0. The first-order valence-electron chi connectivity index (χ1n) is 3.67. The van der Waals surface area contributed by atoms with Crippen LogP contribution in [0.3, 0.4) is 0 Å². The molecule has 0 aromatic carbocycles. The summed E-state index contributed by atoms with van der Waals surface area (Å²) in [6.45, 7) is 0. The molecule has 0 aromatic rings. The van der Waals surface area contributed by atoms with Crippen molar-refractivity contribution in [2.75, 3.05) is 0 Å². The molecule has 0 amide bonds. The topological polar surface area (TPSA) is 80.3 Å². The van der Waals surface area contributed by atoms with E-state index >= 15 is 0 Å². The molecule has 0 fully saturated rings. The molecule has 0 spiro atoms. The lowest BCUT2D eigenvalue weighted by molar-refractivity contribution is -0.306. The van der Waals surface area contributed by atoms with E-state index in [1.807, 2.05) is 0 Å². The van der Waals surface area contributed by atoms with E-state index in [0.29, 0.717) is 12.8 Å². The molecule has 0 unspecified atom stereocenters. The second-order valence-electron chi connectivity index (χ2n) is 2.31. The normalized spacial score (nSPS) is 10.3. The fourth-order valence-corrected chi connectivity index (χ4v) is 0.662. The molecule has 0 radical (unpaired) electrons. The molecular weight excluding hydrogens is 160 g/mol. The maximum absolute atomic E-state index is 9.90. The smallest absolute Gasteiger partial charge is 0.0452 e. The van der Waals surface area contributed by atoms with Crippen molar-refractivity contribution < 1.29 is 19.8 Å². The lowest BCUT2D eigenvalue weighted by Crippen LogP contribution is -2.21. The van der Waals surface area contributed by atoms with E-state index in [0.717, 1.165) is 0 Å². The number of carboxylic acid groups (broad SMARTS) is 2. The van der Waals surface area contributed by atoms with Crippen LogP contribution in [0.2, 0.25) is 0 Å². The van der Waals surface area contributed by atoms with Gasteiger partial charge in [-0.3, -0.25) is 0 Å². The molecule has 0 saturated carbocycles. The zero-order valence-corrected chi connectivity index (χ0v) is 6.62. The van der Waals surface area contributed by atoms with E-state index in [4.69, 9.17) is 0 Å². The standard InChI is InChI=1S/C8H12O4/c9-7(10)5-3-1-2-4-6-8(11)12/h1,3H,2,4-6H2,(H,9,10)(H,11,12)/p-2/b3-1+. The zero-order valence-electron chi connectivity index (χ0n) is 6.62. The first-order valence-corrected chi connectivity index (χ1v) is 3.67. The lowest BCUT2D eigenvalue weighted by atomic mass is 10.2. The lowest BCUT2D eigenvalue weighted by Gasteiger charge is -1.98.